The van der Waals surface area contributed by atoms with Crippen LogP contribution in [0.5, 0.6) is 0 Å². The van der Waals surface area contributed by atoms with Gasteiger partial charge in [-0.1, -0.05) is 11.6 Å². The first-order chi connectivity index (χ1) is 13.0. The normalized spacial score (nSPS) is 16.7. The summed E-state index contributed by atoms with van der Waals surface area (Å²) in [5.74, 6) is -0.598. The van der Waals surface area contributed by atoms with Crippen LogP contribution >= 0.6 is 11.6 Å². The van der Waals surface area contributed by atoms with Gasteiger partial charge in [-0.2, -0.15) is 0 Å². The van der Waals surface area contributed by atoms with Gasteiger partial charge in [0.2, 0.25) is 0 Å². The van der Waals surface area contributed by atoms with Gasteiger partial charge in [-0.25, -0.2) is 18.8 Å². The first kappa shape index (κ1) is 17.4. The summed E-state index contributed by atoms with van der Waals surface area (Å²) in [7, 11) is 0. The number of nitrogens with one attached hydrogen (secondary N) is 1. The molecule has 2 aromatic heterocycles. The van der Waals surface area contributed by atoms with Crippen LogP contribution in [0.1, 0.15) is 18.0 Å². The Morgan fingerprint density at radius 3 is 2.81 bits per heavy atom. The number of aliphatic imine (C=N–C) groups is 1. The smallest absolute Gasteiger partial charge is 0.282 e. The Morgan fingerprint density at radius 1 is 1.15 bits per heavy atom. The number of anilines is 2. The van der Waals surface area contributed by atoms with Gasteiger partial charge in [-0.3, -0.25) is 4.98 Å². The Bertz CT molecular complexity index is 1060. The molecule has 1 aromatic carbocycles. The van der Waals surface area contributed by atoms with Crippen LogP contribution in [0, 0.1) is 11.6 Å². The molecular weight excluding hydrogens is 376 g/mol. The minimum atomic E-state index is -0.530. The molecule has 1 aliphatic heterocycles. The summed E-state index contributed by atoms with van der Waals surface area (Å²) in [4.78, 5) is 12.4. The number of hydrogen-bond donors (Lipinski definition) is 2. The molecule has 1 atom stereocenters. The van der Waals surface area contributed by atoms with Gasteiger partial charge in [0.15, 0.2) is 11.6 Å². The lowest BCUT2D eigenvalue weighted by Gasteiger charge is -2.20. The Morgan fingerprint density at radius 2 is 2.00 bits per heavy atom. The van der Waals surface area contributed by atoms with Gasteiger partial charge >= 0.3 is 0 Å². The average molecular weight is 390 g/mol. The van der Waals surface area contributed by atoms with Crippen molar-refractivity contribution in [2.24, 2.45) is 10.7 Å². The van der Waals surface area contributed by atoms with Crippen molar-refractivity contribution in [1.82, 2.24) is 9.97 Å². The van der Waals surface area contributed by atoms with E-state index >= 15 is 0 Å². The van der Waals surface area contributed by atoms with E-state index in [9.17, 15) is 8.78 Å². The summed E-state index contributed by atoms with van der Waals surface area (Å²) in [6.07, 6.45) is 3.00. The predicted molar refractivity (Wildman–Crippen MR) is 99.1 cm³/mol. The molecule has 27 heavy (non-hydrogen) atoms. The second-order valence-electron chi connectivity index (χ2n) is 5.99. The van der Waals surface area contributed by atoms with Gasteiger partial charge in [0.25, 0.3) is 6.02 Å². The maximum absolute atomic E-state index is 14.3. The SMILES string of the molecule is NC1=NC(c2cc(Nc3ncc(F)c4cc(Cl)cnc34)ccc2F)CCO1. The van der Waals surface area contributed by atoms with Crippen LogP contribution in [0.15, 0.2) is 41.7 Å². The van der Waals surface area contributed by atoms with E-state index in [-0.39, 0.29) is 11.4 Å². The fourth-order valence-corrected chi connectivity index (χ4v) is 3.08. The summed E-state index contributed by atoms with van der Waals surface area (Å²) in [5, 5.41) is 3.61. The summed E-state index contributed by atoms with van der Waals surface area (Å²) >= 11 is 5.89. The van der Waals surface area contributed by atoms with Gasteiger partial charge in [0, 0.05) is 29.3 Å². The number of pyridine rings is 2. The van der Waals surface area contributed by atoms with E-state index in [2.05, 4.69) is 20.3 Å². The van der Waals surface area contributed by atoms with Crippen molar-refractivity contribution < 1.29 is 13.5 Å². The van der Waals surface area contributed by atoms with Gasteiger partial charge in [0.05, 0.1) is 23.9 Å². The molecule has 3 heterocycles. The molecule has 0 saturated carbocycles. The third-order valence-electron chi connectivity index (χ3n) is 4.18. The molecule has 0 bridgehead atoms. The third kappa shape index (κ3) is 3.48. The molecule has 0 radical (unpaired) electrons. The highest BCUT2D eigenvalue weighted by molar-refractivity contribution is 6.31. The van der Waals surface area contributed by atoms with E-state index in [4.69, 9.17) is 22.1 Å². The molecule has 0 saturated heterocycles. The molecule has 3 aromatic rings. The van der Waals surface area contributed by atoms with Crippen LogP contribution in [-0.4, -0.2) is 22.6 Å². The lowest BCUT2D eigenvalue weighted by atomic mass is 10.0. The van der Waals surface area contributed by atoms with Crippen molar-refractivity contribution >= 4 is 40.0 Å². The summed E-state index contributed by atoms with van der Waals surface area (Å²) in [6, 6.07) is 5.58. The number of rotatable bonds is 3. The molecule has 1 unspecified atom stereocenters. The fourth-order valence-electron chi connectivity index (χ4n) is 2.92. The highest BCUT2D eigenvalue weighted by Crippen LogP contribution is 2.31. The number of fused-ring (bicyclic) bond motifs is 1. The topological polar surface area (TPSA) is 85.4 Å². The first-order valence-electron chi connectivity index (χ1n) is 8.13. The number of ether oxygens (including phenoxy) is 1. The van der Waals surface area contributed by atoms with E-state index in [1.165, 1.54) is 18.3 Å². The third-order valence-corrected chi connectivity index (χ3v) is 4.39. The Labute approximate surface area is 158 Å². The second kappa shape index (κ2) is 6.96. The van der Waals surface area contributed by atoms with Crippen LogP contribution < -0.4 is 11.1 Å². The van der Waals surface area contributed by atoms with Crippen molar-refractivity contribution in [2.45, 2.75) is 12.5 Å². The van der Waals surface area contributed by atoms with Crippen LogP contribution in [0.2, 0.25) is 5.02 Å². The monoisotopic (exact) mass is 389 g/mol. The minimum Gasteiger partial charge on any atom is -0.465 e. The molecule has 0 fully saturated rings. The zero-order valence-electron chi connectivity index (χ0n) is 13.9. The van der Waals surface area contributed by atoms with E-state index in [0.717, 1.165) is 6.20 Å². The minimum absolute atomic E-state index is 0.0382. The lowest BCUT2D eigenvalue weighted by Crippen LogP contribution is -2.24. The number of aromatic nitrogens is 2. The van der Waals surface area contributed by atoms with Crippen LogP contribution in [0.25, 0.3) is 10.9 Å². The quantitative estimate of drug-likeness (QED) is 0.705. The summed E-state index contributed by atoms with van der Waals surface area (Å²) in [5.41, 5.74) is 6.85. The van der Waals surface area contributed by atoms with Crippen LogP contribution in [0.3, 0.4) is 0 Å². The van der Waals surface area contributed by atoms with Crippen molar-refractivity contribution in [1.29, 1.82) is 0 Å². The Hall–Kier alpha value is -3.00. The first-order valence-corrected chi connectivity index (χ1v) is 8.51. The van der Waals surface area contributed by atoms with Crippen LogP contribution in [-0.2, 0) is 4.74 Å². The van der Waals surface area contributed by atoms with Crippen molar-refractivity contribution in [3.8, 4) is 0 Å². The summed E-state index contributed by atoms with van der Waals surface area (Å²) in [6.45, 7) is 0.367. The molecule has 0 spiro atoms. The maximum Gasteiger partial charge on any atom is 0.282 e. The average Bonchev–Trinajstić information content (AvgIpc) is 2.65. The number of halogens is 3. The molecular formula is C18H14ClF2N5O. The van der Waals surface area contributed by atoms with E-state index < -0.39 is 17.7 Å². The maximum atomic E-state index is 14.3. The highest BCUT2D eigenvalue weighted by atomic mass is 35.5. The fraction of sp³-hybridized carbons (Fsp3) is 0.167. The highest BCUT2D eigenvalue weighted by Gasteiger charge is 2.20. The lowest BCUT2D eigenvalue weighted by molar-refractivity contribution is 0.255. The second-order valence-corrected chi connectivity index (χ2v) is 6.42. The van der Waals surface area contributed by atoms with E-state index in [1.54, 1.807) is 12.1 Å². The zero-order chi connectivity index (χ0) is 19.0. The molecule has 0 aliphatic carbocycles. The van der Waals surface area contributed by atoms with Crippen molar-refractivity contribution in [3.05, 3.63) is 58.9 Å². The largest absolute Gasteiger partial charge is 0.465 e. The molecule has 3 N–H and O–H groups in total. The molecule has 0 amide bonds. The number of amidine groups is 1. The predicted octanol–water partition coefficient (Wildman–Crippen LogP) is 4.08. The Kier molecular flexibility index (Phi) is 4.49. The van der Waals surface area contributed by atoms with E-state index in [0.29, 0.717) is 40.6 Å². The van der Waals surface area contributed by atoms with Gasteiger partial charge < -0.3 is 15.8 Å². The number of nitrogens with zero attached hydrogens (tertiary/aromatic N) is 3. The summed E-state index contributed by atoms with van der Waals surface area (Å²) < 4.78 is 33.4. The van der Waals surface area contributed by atoms with Gasteiger partial charge in [-0.05, 0) is 24.3 Å². The number of benzene rings is 1. The number of hydrogen-bond acceptors (Lipinski definition) is 6. The van der Waals surface area contributed by atoms with Crippen molar-refractivity contribution in [2.75, 3.05) is 11.9 Å². The number of nitrogens with two attached hydrogens (primary N) is 1. The molecule has 138 valence electrons. The zero-order valence-corrected chi connectivity index (χ0v) is 14.7. The van der Waals surface area contributed by atoms with E-state index in [1.807, 2.05) is 0 Å². The van der Waals surface area contributed by atoms with Crippen molar-refractivity contribution in [3.63, 3.8) is 0 Å². The molecule has 6 nitrogen and oxygen atoms in total. The Balaban J connectivity index is 1.72. The standard InChI is InChI=1S/C18H14ClF2N5O/c19-9-5-12-14(21)8-24-17(16(12)23-7-9)25-10-1-2-13(20)11(6-10)15-3-4-27-18(22)26-15/h1-2,5-8,15H,3-4H2,(H2,22,26)(H,24,25). The molecule has 9 heteroatoms. The van der Waals surface area contributed by atoms with Gasteiger partial charge in [0.1, 0.15) is 11.3 Å². The van der Waals surface area contributed by atoms with Crippen LogP contribution in [0.4, 0.5) is 20.3 Å². The molecule has 1 aliphatic rings. The van der Waals surface area contributed by atoms with Gasteiger partial charge in [-0.15, -0.1) is 0 Å². The molecule has 4 rings (SSSR count).